The first-order valence-corrected chi connectivity index (χ1v) is 16.0. The van der Waals surface area contributed by atoms with Gasteiger partial charge in [0.1, 0.15) is 17.7 Å². The zero-order chi connectivity index (χ0) is 27.4. The van der Waals surface area contributed by atoms with E-state index in [1.165, 1.54) is 0 Å². The summed E-state index contributed by atoms with van der Waals surface area (Å²) >= 11 is 6.07. The van der Waals surface area contributed by atoms with E-state index in [-0.39, 0.29) is 35.8 Å². The quantitative estimate of drug-likeness (QED) is 0.124. The van der Waals surface area contributed by atoms with Gasteiger partial charge in [0.05, 0.1) is 18.6 Å². The summed E-state index contributed by atoms with van der Waals surface area (Å²) in [5.41, 5.74) is 5.21. The monoisotopic (exact) mass is 550 g/mol. The van der Waals surface area contributed by atoms with Gasteiger partial charge in [0.15, 0.2) is 20.0 Å². The number of nitrogen functional groups attached to an aromatic ring is 1. The van der Waals surface area contributed by atoms with Crippen LogP contribution in [0.15, 0.2) is 12.3 Å². The number of unbranched alkanes of at least 4 members (excludes halogenated alkanes) is 3. The van der Waals surface area contributed by atoms with Crippen molar-refractivity contribution in [2.45, 2.75) is 95.9 Å². The lowest BCUT2D eigenvalue weighted by molar-refractivity contribution is -0.0949. The fraction of sp³-hybridized carbons (Fsp3) is 0.654. The summed E-state index contributed by atoms with van der Waals surface area (Å²) in [6.07, 6.45) is 9.87. The molecule has 3 rings (SSSR count). The molecule has 0 bridgehead atoms. The standard InChI is InChI=1S/C26H39ClN4O5Si/c1-8-10-11-12-15-33-24(32)35-19-16-20(31-14-13-18-21(28)29-23(27)30-22(18)31)36-26(19,9-2)17-34-37(6,7)25(3,4)5/h2,13-14,19-20H,8,10-12,15-17H2,1,3-7H3,(H2,28,29,30)/t19-,20+,26+/m0/s1. The fourth-order valence-electron chi connectivity index (χ4n) is 3.95. The molecule has 37 heavy (non-hydrogen) atoms. The maximum atomic E-state index is 12.6. The Hall–Kier alpha value is -2.32. The van der Waals surface area contributed by atoms with Crippen molar-refractivity contribution in [3.8, 4) is 12.3 Å². The molecule has 0 aliphatic carbocycles. The van der Waals surface area contributed by atoms with Crippen molar-refractivity contribution in [1.82, 2.24) is 14.5 Å². The van der Waals surface area contributed by atoms with Gasteiger partial charge < -0.3 is 28.9 Å². The third-order valence-corrected chi connectivity index (χ3v) is 12.0. The first-order chi connectivity index (χ1) is 17.3. The van der Waals surface area contributed by atoms with E-state index in [1.54, 1.807) is 16.8 Å². The summed E-state index contributed by atoms with van der Waals surface area (Å²) in [7, 11) is -2.19. The van der Waals surface area contributed by atoms with Gasteiger partial charge in [0, 0.05) is 12.6 Å². The number of anilines is 1. The molecule has 3 atom stereocenters. The van der Waals surface area contributed by atoms with Gasteiger partial charge >= 0.3 is 6.16 Å². The van der Waals surface area contributed by atoms with Crippen LogP contribution in [0.3, 0.4) is 0 Å². The second-order valence-electron chi connectivity index (χ2n) is 11.0. The van der Waals surface area contributed by atoms with Crippen LogP contribution in [0, 0.1) is 12.3 Å². The number of hydrogen-bond acceptors (Lipinski definition) is 8. The summed E-state index contributed by atoms with van der Waals surface area (Å²) in [5.74, 6) is 3.01. The number of hydrogen-bond donors (Lipinski definition) is 1. The lowest BCUT2D eigenvalue weighted by Crippen LogP contribution is -2.50. The average molecular weight is 551 g/mol. The van der Waals surface area contributed by atoms with Crippen LogP contribution in [0.5, 0.6) is 0 Å². The van der Waals surface area contributed by atoms with E-state index in [9.17, 15) is 4.79 Å². The van der Waals surface area contributed by atoms with Crippen LogP contribution >= 0.6 is 11.6 Å². The van der Waals surface area contributed by atoms with E-state index in [0.717, 1.165) is 25.7 Å². The van der Waals surface area contributed by atoms with E-state index >= 15 is 0 Å². The maximum absolute atomic E-state index is 12.6. The number of nitrogens with two attached hydrogens (primary N) is 1. The maximum Gasteiger partial charge on any atom is 0.508 e. The number of carbonyl (C=O) groups excluding carboxylic acids is 1. The van der Waals surface area contributed by atoms with E-state index in [4.69, 9.17) is 42.4 Å². The molecule has 11 heteroatoms. The van der Waals surface area contributed by atoms with Crippen LogP contribution in [0.4, 0.5) is 10.6 Å². The Bertz CT molecular complexity index is 1140. The predicted octanol–water partition coefficient (Wildman–Crippen LogP) is 6.08. The molecule has 2 aromatic rings. The Balaban J connectivity index is 1.86. The van der Waals surface area contributed by atoms with Crippen LogP contribution < -0.4 is 5.73 Å². The zero-order valence-electron chi connectivity index (χ0n) is 22.7. The summed E-state index contributed by atoms with van der Waals surface area (Å²) in [5, 5.41) is 0.607. The summed E-state index contributed by atoms with van der Waals surface area (Å²) in [4.78, 5) is 21.0. The van der Waals surface area contributed by atoms with E-state index < -0.39 is 32.4 Å². The molecule has 0 amide bonds. The third kappa shape index (κ3) is 6.58. The van der Waals surface area contributed by atoms with Crippen molar-refractivity contribution in [3.05, 3.63) is 17.5 Å². The molecular weight excluding hydrogens is 512 g/mol. The largest absolute Gasteiger partial charge is 0.508 e. The van der Waals surface area contributed by atoms with Crippen LogP contribution in [-0.4, -0.2) is 53.9 Å². The topological polar surface area (TPSA) is 111 Å². The SMILES string of the molecule is C#C[C@]1(CO[Si](C)(C)C(C)(C)C)O[C@@H](n2ccc3c(N)nc(Cl)nc32)C[C@@H]1OC(=O)OCCCCCC. The molecule has 1 fully saturated rings. The number of aromatic nitrogens is 3. The first-order valence-electron chi connectivity index (χ1n) is 12.8. The lowest BCUT2D eigenvalue weighted by Gasteiger charge is -2.39. The lowest BCUT2D eigenvalue weighted by atomic mass is 9.99. The van der Waals surface area contributed by atoms with Gasteiger partial charge in [-0.2, -0.15) is 4.98 Å². The molecule has 204 valence electrons. The molecule has 1 aliphatic heterocycles. The molecule has 2 aromatic heterocycles. The number of nitrogens with zero attached hydrogens (tertiary/aromatic N) is 3. The van der Waals surface area contributed by atoms with Gasteiger partial charge in [0.2, 0.25) is 5.28 Å². The number of carbonyl (C=O) groups is 1. The molecule has 0 spiro atoms. The number of rotatable bonds is 10. The van der Waals surface area contributed by atoms with E-state index in [1.807, 2.05) is 0 Å². The summed E-state index contributed by atoms with van der Waals surface area (Å²) < 4.78 is 25.8. The van der Waals surface area contributed by atoms with Gasteiger partial charge in [-0.25, -0.2) is 9.78 Å². The minimum absolute atomic E-state index is 0.0203. The van der Waals surface area contributed by atoms with Crippen molar-refractivity contribution < 1.29 is 23.4 Å². The Kier molecular flexibility index (Phi) is 9.17. The highest BCUT2D eigenvalue weighted by Gasteiger charge is 2.53. The normalized spacial score (nSPS) is 22.2. The van der Waals surface area contributed by atoms with Gasteiger partial charge in [-0.05, 0) is 42.2 Å². The highest BCUT2D eigenvalue weighted by atomic mass is 35.5. The molecule has 0 unspecified atom stereocenters. The van der Waals surface area contributed by atoms with Crippen LogP contribution in [-0.2, 0) is 18.6 Å². The number of ether oxygens (including phenoxy) is 3. The minimum Gasteiger partial charge on any atom is -0.434 e. The van der Waals surface area contributed by atoms with E-state index in [0.29, 0.717) is 11.0 Å². The molecule has 1 saturated heterocycles. The summed E-state index contributed by atoms with van der Waals surface area (Å²) in [6, 6.07) is 1.78. The van der Waals surface area contributed by atoms with Crippen molar-refractivity contribution in [3.63, 3.8) is 0 Å². The van der Waals surface area contributed by atoms with Crippen molar-refractivity contribution in [1.29, 1.82) is 0 Å². The second-order valence-corrected chi connectivity index (χ2v) is 16.1. The number of terminal acetylenes is 1. The van der Waals surface area contributed by atoms with Gasteiger partial charge in [-0.15, -0.1) is 6.42 Å². The van der Waals surface area contributed by atoms with Gasteiger partial charge in [0.25, 0.3) is 0 Å². The molecule has 1 aliphatic rings. The van der Waals surface area contributed by atoms with Crippen molar-refractivity contribution in [2.24, 2.45) is 0 Å². The highest BCUT2D eigenvalue weighted by molar-refractivity contribution is 6.74. The smallest absolute Gasteiger partial charge is 0.434 e. The number of fused-ring (bicyclic) bond motifs is 1. The Morgan fingerprint density at radius 1 is 1.35 bits per heavy atom. The van der Waals surface area contributed by atoms with Crippen molar-refractivity contribution >= 4 is 42.9 Å². The molecule has 0 saturated carbocycles. The fourth-order valence-corrected chi connectivity index (χ4v) is 5.13. The van der Waals surface area contributed by atoms with Crippen LogP contribution in [0.2, 0.25) is 23.4 Å². The summed E-state index contributed by atoms with van der Waals surface area (Å²) in [6.45, 7) is 13.2. The van der Waals surface area contributed by atoms with E-state index in [2.05, 4.69) is 56.7 Å². The molecular formula is C26H39ClN4O5Si. The second kappa shape index (κ2) is 11.6. The minimum atomic E-state index is -2.19. The average Bonchev–Trinajstić information content (AvgIpc) is 3.39. The van der Waals surface area contributed by atoms with Gasteiger partial charge in [-0.3, -0.25) is 0 Å². The molecule has 2 N–H and O–H groups in total. The van der Waals surface area contributed by atoms with Gasteiger partial charge in [-0.1, -0.05) is 52.9 Å². The first kappa shape index (κ1) is 29.2. The van der Waals surface area contributed by atoms with Crippen molar-refractivity contribution in [2.75, 3.05) is 18.9 Å². The molecule has 3 heterocycles. The molecule has 0 aromatic carbocycles. The molecule has 0 radical (unpaired) electrons. The van der Waals surface area contributed by atoms with Crippen LogP contribution in [0.1, 0.15) is 66.0 Å². The third-order valence-electron chi connectivity index (χ3n) is 7.32. The molecule has 9 nitrogen and oxygen atoms in total. The Morgan fingerprint density at radius 2 is 2.08 bits per heavy atom. The Labute approximate surface area is 225 Å². The predicted molar refractivity (Wildman–Crippen MR) is 147 cm³/mol. The Morgan fingerprint density at radius 3 is 2.73 bits per heavy atom. The number of halogens is 1. The zero-order valence-corrected chi connectivity index (χ0v) is 24.4. The van der Waals surface area contributed by atoms with Crippen LogP contribution in [0.25, 0.3) is 11.0 Å². The highest BCUT2D eigenvalue weighted by Crippen LogP contribution is 2.43.